The van der Waals surface area contributed by atoms with E-state index in [0.717, 1.165) is 29.3 Å². The van der Waals surface area contributed by atoms with Crippen molar-refractivity contribution in [3.05, 3.63) is 59.9 Å². The summed E-state index contributed by atoms with van der Waals surface area (Å²) in [6.45, 7) is 6.06. The Kier molecular flexibility index (Phi) is 4.71. The molecule has 0 spiro atoms. The van der Waals surface area contributed by atoms with Crippen molar-refractivity contribution >= 4 is 0 Å². The van der Waals surface area contributed by atoms with Crippen LogP contribution in [0.15, 0.2) is 42.7 Å². The van der Waals surface area contributed by atoms with Crippen molar-refractivity contribution in [2.45, 2.75) is 27.2 Å². The highest BCUT2D eigenvalue weighted by Gasteiger charge is 1.98. The second-order valence-corrected chi connectivity index (χ2v) is 4.63. The van der Waals surface area contributed by atoms with Crippen molar-refractivity contribution in [2.75, 3.05) is 0 Å². The standard InChI is InChI=1S/C10H10N2.C6H10N2/c1-8-7-11-10(12-8)9-5-3-2-4-6-9;1-3-6-4-7-5(2)8-6/h2-7H,1H3,(H,11,12);4H,3H2,1-2H3,(H,7,8). The summed E-state index contributed by atoms with van der Waals surface area (Å²) >= 11 is 0. The van der Waals surface area contributed by atoms with Gasteiger partial charge in [-0.1, -0.05) is 37.3 Å². The van der Waals surface area contributed by atoms with Gasteiger partial charge in [0, 0.05) is 29.3 Å². The molecule has 0 bridgehead atoms. The molecule has 0 radical (unpaired) electrons. The molecule has 3 rings (SSSR count). The Labute approximate surface area is 119 Å². The first-order chi connectivity index (χ1) is 9.69. The van der Waals surface area contributed by atoms with Crippen LogP contribution in [0.4, 0.5) is 0 Å². The van der Waals surface area contributed by atoms with Crippen LogP contribution in [0.5, 0.6) is 0 Å². The summed E-state index contributed by atoms with van der Waals surface area (Å²) < 4.78 is 0. The van der Waals surface area contributed by atoms with E-state index in [4.69, 9.17) is 0 Å². The molecule has 1 aromatic carbocycles. The molecule has 0 atom stereocenters. The molecule has 0 saturated carbocycles. The summed E-state index contributed by atoms with van der Waals surface area (Å²) in [5.41, 5.74) is 3.43. The van der Waals surface area contributed by atoms with E-state index in [1.165, 1.54) is 5.69 Å². The summed E-state index contributed by atoms with van der Waals surface area (Å²) in [5.74, 6) is 1.94. The summed E-state index contributed by atoms with van der Waals surface area (Å²) in [7, 11) is 0. The van der Waals surface area contributed by atoms with Gasteiger partial charge in [0.15, 0.2) is 0 Å². The van der Waals surface area contributed by atoms with E-state index in [1.807, 2.05) is 56.6 Å². The Bertz CT molecular complexity index is 637. The molecule has 0 aliphatic carbocycles. The third kappa shape index (κ3) is 3.82. The van der Waals surface area contributed by atoms with Crippen molar-refractivity contribution in [1.82, 2.24) is 19.9 Å². The van der Waals surface area contributed by atoms with Gasteiger partial charge in [-0.05, 0) is 20.3 Å². The van der Waals surface area contributed by atoms with Crippen LogP contribution in [0.1, 0.15) is 24.1 Å². The summed E-state index contributed by atoms with van der Waals surface area (Å²) in [5, 5.41) is 0. The largest absolute Gasteiger partial charge is 0.346 e. The maximum Gasteiger partial charge on any atom is 0.137 e. The summed E-state index contributed by atoms with van der Waals surface area (Å²) in [4.78, 5) is 14.6. The molecule has 20 heavy (non-hydrogen) atoms. The molecule has 4 heteroatoms. The number of H-pyrrole nitrogens is 2. The van der Waals surface area contributed by atoms with E-state index in [0.29, 0.717) is 0 Å². The van der Waals surface area contributed by atoms with Crippen LogP contribution in [0, 0.1) is 13.8 Å². The van der Waals surface area contributed by atoms with Crippen LogP contribution < -0.4 is 0 Å². The van der Waals surface area contributed by atoms with Gasteiger partial charge < -0.3 is 9.97 Å². The van der Waals surface area contributed by atoms with Crippen LogP contribution >= 0.6 is 0 Å². The van der Waals surface area contributed by atoms with Crippen molar-refractivity contribution in [3.63, 3.8) is 0 Å². The van der Waals surface area contributed by atoms with Crippen molar-refractivity contribution in [2.24, 2.45) is 0 Å². The third-order valence-electron chi connectivity index (χ3n) is 2.89. The maximum absolute atomic E-state index is 4.23. The number of rotatable bonds is 2. The lowest BCUT2D eigenvalue weighted by Gasteiger charge is -1.93. The van der Waals surface area contributed by atoms with Crippen LogP contribution in [0.2, 0.25) is 0 Å². The second kappa shape index (κ2) is 6.70. The quantitative estimate of drug-likeness (QED) is 0.745. The Morgan fingerprint density at radius 1 is 0.950 bits per heavy atom. The van der Waals surface area contributed by atoms with Gasteiger partial charge in [-0.2, -0.15) is 0 Å². The fourth-order valence-corrected chi connectivity index (χ4v) is 1.81. The number of nitrogens with one attached hydrogen (secondary N) is 2. The van der Waals surface area contributed by atoms with Gasteiger partial charge in [-0.3, -0.25) is 0 Å². The van der Waals surface area contributed by atoms with Gasteiger partial charge >= 0.3 is 0 Å². The molecule has 4 nitrogen and oxygen atoms in total. The zero-order valence-corrected chi connectivity index (χ0v) is 12.1. The average molecular weight is 268 g/mol. The van der Waals surface area contributed by atoms with E-state index in [-0.39, 0.29) is 0 Å². The number of aromatic nitrogens is 4. The molecule has 3 aromatic rings. The molecule has 104 valence electrons. The van der Waals surface area contributed by atoms with E-state index in [9.17, 15) is 0 Å². The van der Waals surface area contributed by atoms with Crippen molar-refractivity contribution in [1.29, 1.82) is 0 Å². The van der Waals surface area contributed by atoms with E-state index in [1.54, 1.807) is 0 Å². The predicted molar refractivity (Wildman–Crippen MR) is 81.5 cm³/mol. The second-order valence-electron chi connectivity index (χ2n) is 4.63. The van der Waals surface area contributed by atoms with Gasteiger partial charge in [0.05, 0.1) is 0 Å². The van der Waals surface area contributed by atoms with Gasteiger partial charge in [0.1, 0.15) is 11.6 Å². The zero-order valence-electron chi connectivity index (χ0n) is 12.1. The molecule has 0 saturated heterocycles. The van der Waals surface area contributed by atoms with Gasteiger partial charge in [-0.25, -0.2) is 9.97 Å². The first kappa shape index (κ1) is 14.1. The van der Waals surface area contributed by atoms with Crippen LogP contribution in [0.3, 0.4) is 0 Å². The third-order valence-corrected chi connectivity index (χ3v) is 2.89. The van der Waals surface area contributed by atoms with E-state index in [2.05, 4.69) is 26.9 Å². The molecular formula is C16H20N4. The number of hydrogen-bond donors (Lipinski definition) is 2. The number of hydrogen-bond acceptors (Lipinski definition) is 2. The Morgan fingerprint density at radius 3 is 2.15 bits per heavy atom. The number of aromatic amines is 2. The van der Waals surface area contributed by atoms with Crippen LogP contribution in [-0.4, -0.2) is 19.9 Å². The van der Waals surface area contributed by atoms with E-state index < -0.39 is 0 Å². The lowest BCUT2D eigenvalue weighted by atomic mass is 10.2. The molecule has 0 aliphatic rings. The van der Waals surface area contributed by atoms with Crippen LogP contribution in [0.25, 0.3) is 11.4 Å². The molecule has 2 N–H and O–H groups in total. The number of nitrogens with zero attached hydrogens (tertiary/aromatic N) is 2. The smallest absolute Gasteiger partial charge is 0.137 e. The maximum atomic E-state index is 4.23. The minimum absolute atomic E-state index is 0.938. The fourth-order valence-electron chi connectivity index (χ4n) is 1.81. The highest BCUT2D eigenvalue weighted by molar-refractivity contribution is 5.54. The topological polar surface area (TPSA) is 57.4 Å². The molecule has 0 fully saturated rings. The molecule has 0 amide bonds. The Balaban J connectivity index is 0.000000160. The fraction of sp³-hybridized carbons (Fsp3) is 0.250. The molecule has 0 unspecified atom stereocenters. The predicted octanol–water partition coefficient (Wildman–Crippen LogP) is 3.67. The SMILES string of the molecule is CCc1cnc(C)[nH]1.Cc1cnc(-c2ccccc2)[nH]1. The molecule has 2 aromatic heterocycles. The van der Waals surface area contributed by atoms with Gasteiger partial charge in [-0.15, -0.1) is 0 Å². The number of aryl methyl sites for hydroxylation is 3. The van der Waals surface area contributed by atoms with Gasteiger partial charge in [0.2, 0.25) is 0 Å². The number of imidazole rings is 2. The average Bonchev–Trinajstić information content (AvgIpc) is 3.09. The molecule has 2 heterocycles. The monoisotopic (exact) mass is 268 g/mol. The highest BCUT2D eigenvalue weighted by Crippen LogP contribution is 2.13. The van der Waals surface area contributed by atoms with Crippen LogP contribution in [-0.2, 0) is 6.42 Å². The van der Waals surface area contributed by atoms with Crippen molar-refractivity contribution in [3.8, 4) is 11.4 Å². The zero-order chi connectivity index (χ0) is 14.4. The number of benzene rings is 1. The lowest BCUT2D eigenvalue weighted by molar-refractivity contribution is 1.04. The Hall–Kier alpha value is -2.36. The minimum atomic E-state index is 0.938. The summed E-state index contributed by atoms with van der Waals surface area (Å²) in [6, 6.07) is 10.1. The minimum Gasteiger partial charge on any atom is -0.346 e. The molecule has 0 aliphatic heterocycles. The highest BCUT2D eigenvalue weighted by atomic mass is 14.9. The normalized spacial score (nSPS) is 9.95. The van der Waals surface area contributed by atoms with Crippen molar-refractivity contribution < 1.29 is 0 Å². The lowest BCUT2D eigenvalue weighted by Crippen LogP contribution is -1.78. The molecular weight excluding hydrogens is 248 g/mol. The first-order valence-corrected chi connectivity index (χ1v) is 6.76. The first-order valence-electron chi connectivity index (χ1n) is 6.76. The van der Waals surface area contributed by atoms with E-state index >= 15 is 0 Å². The summed E-state index contributed by atoms with van der Waals surface area (Å²) in [6.07, 6.45) is 4.75. The Morgan fingerprint density at radius 2 is 1.70 bits per heavy atom. The van der Waals surface area contributed by atoms with Gasteiger partial charge in [0.25, 0.3) is 0 Å².